The number of nitrogens with one attached hydrogen (secondary N) is 1. The van der Waals surface area contributed by atoms with Crippen LogP contribution in [0.15, 0.2) is 48.5 Å². The van der Waals surface area contributed by atoms with E-state index in [1.54, 1.807) is 29.2 Å². The summed E-state index contributed by atoms with van der Waals surface area (Å²) in [6.07, 6.45) is 0.868. The number of carbonyl (C=O) groups excluding carboxylic acids is 2. The van der Waals surface area contributed by atoms with Crippen LogP contribution < -0.4 is 16.0 Å². The maximum absolute atomic E-state index is 12.7. The fourth-order valence-electron chi connectivity index (χ4n) is 2.89. The Balaban J connectivity index is 0.00000243. The van der Waals surface area contributed by atoms with Crippen molar-refractivity contribution in [3.05, 3.63) is 59.7 Å². The number of anilines is 2. The number of hydrogen-bond acceptors (Lipinski definition) is 4. The number of nitrogens with two attached hydrogens (primary N) is 1. The molecule has 1 aliphatic heterocycles. The van der Waals surface area contributed by atoms with Crippen LogP contribution in [-0.4, -0.2) is 38.1 Å². The first-order chi connectivity index (χ1) is 12.1. The molecule has 1 aliphatic rings. The Kier molecular flexibility index (Phi) is 6.74. The summed E-state index contributed by atoms with van der Waals surface area (Å²) in [6.45, 7) is 0.833. The molecule has 2 aromatic carbocycles. The Bertz CT molecular complexity index is 780. The lowest BCUT2D eigenvalue weighted by molar-refractivity contribution is -0.118. The van der Waals surface area contributed by atoms with Gasteiger partial charge in [-0.15, -0.1) is 12.4 Å². The molecule has 2 aromatic rings. The van der Waals surface area contributed by atoms with Crippen molar-refractivity contribution in [2.24, 2.45) is 5.73 Å². The van der Waals surface area contributed by atoms with E-state index in [0.29, 0.717) is 17.8 Å². The van der Waals surface area contributed by atoms with E-state index in [-0.39, 0.29) is 30.8 Å². The molecule has 2 amide bonds. The average Bonchev–Trinajstić information content (AvgIpc) is 3.06. The zero-order chi connectivity index (χ0) is 17.8. The average molecular weight is 376 g/mol. The highest BCUT2D eigenvalue weighted by Gasteiger charge is 2.25. The minimum absolute atomic E-state index is 0. The molecule has 0 fully saturated rings. The van der Waals surface area contributed by atoms with Crippen LogP contribution in [0.1, 0.15) is 15.9 Å². The van der Waals surface area contributed by atoms with Crippen molar-refractivity contribution >= 4 is 35.6 Å². The largest absolute Gasteiger partial charge is 0.383 e. The maximum Gasteiger partial charge on any atom is 0.258 e. The molecular formula is C19H22ClN3O3. The topological polar surface area (TPSA) is 84.7 Å². The first-order valence-corrected chi connectivity index (χ1v) is 8.15. The number of nitrogens with zero attached hydrogens (tertiary/aromatic N) is 1. The third-order valence-corrected chi connectivity index (χ3v) is 4.21. The van der Waals surface area contributed by atoms with Crippen molar-refractivity contribution in [2.75, 3.05) is 30.5 Å². The zero-order valence-electron chi connectivity index (χ0n) is 14.5. The summed E-state index contributed by atoms with van der Waals surface area (Å²) < 4.78 is 4.86. The van der Waals surface area contributed by atoms with Gasteiger partial charge in [-0.1, -0.05) is 18.2 Å². The minimum atomic E-state index is -0.729. The van der Waals surface area contributed by atoms with Crippen molar-refractivity contribution in [3.8, 4) is 0 Å². The number of carbonyl (C=O) groups is 2. The predicted octanol–water partition coefficient (Wildman–Crippen LogP) is 2.22. The molecule has 3 N–H and O–H groups in total. The lowest BCUT2D eigenvalue weighted by Gasteiger charge is -2.17. The van der Waals surface area contributed by atoms with E-state index in [0.717, 1.165) is 12.1 Å². The summed E-state index contributed by atoms with van der Waals surface area (Å²) in [4.78, 5) is 26.4. The van der Waals surface area contributed by atoms with Crippen LogP contribution in [-0.2, 0) is 16.0 Å². The van der Waals surface area contributed by atoms with Crippen molar-refractivity contribution in [2.45, 2.75) is 12.5 Å². The molecule has 0 aliphatic carbocycles. The van der Waals surface area contributed by atoms with Crippen LogP contribution >= 0.6 is 12.4 Å². The summed E-state index contributed by atoms with van der Waals surface area (Å²) in [7, 11) is 1.49. The third-order valence-electron chi connectivity index (χ3n) is 4.21. The van der Waals surface area contributed by atoms with Crippen molar-refractivity contribution in [1.82, 2.24) is 0 Å². The fraction of sp³-hybridized carbons (Fsp3) is 0.263. The van der Waals surface area contributed by atoms with Gasteiger partial charge in [0.05, 0.1) is 6.61 Å². The van der Waals surface area contributed by atoms with E-state index in [1.807, 2.05) is 24.3 Å². The van der Waals surface area contributed by atoms with Gasteiger partial charge in [-0.05, 0) is 42.3 Å². The normalized spacial score (nSPS) is 13.5. The van der Waals surface area contributed by atoms with Crippen molar-refractivity contribution < 1.29 is 14.3 Å². The second-order valence-corrected chi connectivity index (χ2v) is 5.96. The lowest BCUT2D eigenvalue weighted by Crippen LogP contribution is -2.39. The summed E-state index contributed by atoms with van der Waals surface area (Å²) in [5.74, 6) is -0.367. The Morgan fingerprint density at radius 1 is 1.19 bits per heavy atom. The first-order valence-electron chi connectivity index (χ1n) is 8.15. The van der Waals surface area contributed by atoms with Gasteiger partial charge in [-0.25, -0.2) is 0 Å². The number of methoxy groups -OCH3 is 1. The third kappa shape index (κ3) is 4.22. The quantitative estimate of drug-likeness (QED) is 0.839. The molecule has 0 saturated heterocycles. The number of rotatable bonds is 5. The van der Waals surface area contributed by atoms with Crippen LogP contribution in [0.4, 0.5) is 11.4 Å². The molecule has 138 valence electrons. The van der Waals surface area contributed by atoms with Crippen LogP contribution in [0.25, 0.3) is 0 Å². The molecule has 0 saturated carbocycles. The zero-order valence-corrected chi connectivity index (χ0v) is 15.3. The van der Waals surface area contributed by atoms with E-state index < -0.39 is 6.04 Å². The standard InChI is InChI=1S/C19H21N3O3.ClH/c1-25-12-16(20)18(23)21-15-8-6-14(7-9-15)19(24)22-11-10-13-4-2-3-5-17(13)22;/h2-9,16H,10-12,20H2,1H3,(H,21,23);1H. The van der Waals surface area contributed by atoms with Gasteiger partial charge in [-0.2, -0.15) is 0 Å². The number of para-hydroxylation sites is 1. The predicted molar refractivity (Wildman–Crippen MR) is 104 cm³/mol. The summed E-state index contributed by atoms with van der Waals surface area (Å²) in [6, 6.07) is 14.0. The van der Waals surface area contributed by atoms with Gasteiger partial charge >= 0.3 is 0 Å². The van der Waals surface area contributed by atoms with Gasteiger partial charge in [0, 0.05) is 30.6 Å². The number of halogens is 1. The van der Waals surface area contributed by atoms with Gasteiger partial charge < -0.3 is 20.7 Å². The molecule has 3 rings (SSSR count). The van der Waals surface area contributed by atoms with E-state index >= 15 is 0 Å². The Morgan fingerprint density at radius 2 is 1.88 bits per heavy atom. The van der Waals surface area contributed by atoms with E-state index in [2.05, 4.69) is 5.32 Å². The van der Waals surface area contributed by atoms with E-state index in [4.69, 9.17) is 10.5 Å². The van der Waals surface area contributed by atoms with E-state index in [9.17, 15) is 9.59 Å². The summed E-state index contributed by atoms with van der Waals surface area (Å²) in [5.41, 5.74) is 9.01. The number of amides is 2. The van der Waals surface area contributed by atoms with Crippen LogP contribution in [0.2, 0.25) is 0 Å². The highest BCUT2D eigenvalue weighted by atomic mass is 35.5. The van der Waals surface area contributed by atoms with Crippen molar-refractivity contribution in [3.63, 3.8) is 0 Å². The Labute approximate surface area is 158 Å². The monoisotopic (exact) mass is 375 g/mol. The Hall–Kier alpha value is -2.41. The van der Waals surface area contributed by atoms with Gasteiger partial charge in [0.15, 0.2) is 0 Å². The van der Waals surface area contributed by atoms with Crippen LogP contribution in [0.3, 0.4) is 0 Å². The maximum atomic E-state index is 12.7. The molecule has 0 spiro atoms. The minimum Gasteiger partial charge on any atom is -0.383 e. The number of hydrogen-bond donors (Lipinski definition) is 2. The molecule has 1 unspecified atom stereocenters. The van der Waals surface area contributed by atoms with E-state index in [1.165, 1.54) is 12.7 Å². The highest BCUT2D eigenvalue weighted by Crippen LogP contribution is 2.29. The van der Waals surface area contributed by atoms with Gasteiger partial charge in [-0.3, -0.25) is 9.59 Å². The molecule has 1 heterocycles. The molecule has 6 nitrogen and oxygen atoms in total. The fourth-order valence-corrected chi connectivity index (χ4v) is 2.89. The lowest BCUT2D eigenvalue weighted by atomic mass is 10.1. The van der Waals surface area contributed by atoms with Crippen LogP contribution in [0, 0.1) is 0 Å². The molecule has 0 aromatic heterocycles. The highest BCUT2D eigenvalue weighted by molar-refractivity contribution is 6.07. The SMILES string of the molecule is COCC(N)C(=O)Nc1ccc(C(=O)N2CCc3ccccc32)cc1.Cl. The second kappa shape index (κ2) is 8.80. The van der Waals surface area contributed by atoms with Crippen molar-refractivity contribution in [1.29, 1.82) is 0 Å². The van der Waals surface area contributed by atoms with Gasteiger partial charge in [0.25, 0.3) is 5.91 Å². The number of benzene rings is 2. The molecule has 7 heteroatoms. The molecule has 0 radical (unpaired) electrons. The number of fused-ring (bicyclic) bond motifs is 1. The second-order valence-electron chi connectivity index (χ2n) is 5.96. The van der Waals surface area contributed by atoms with Crippen LogP contribution in [0.5, 0.6) is 0 Å². The number of ether oxygens (including phenoxy) is 1. The summed E-state index contributed by atoms with van der Waals surface area (Å²) >= 11 is 0. The smallest absolute Gasteiger partial charge is 0.258 e. The molecular weight excluding hydrogens is 354 g/mol. The van der Waals surface area contributed by atoms with Gasteiger partial charge in [0.2, 0.25) is 5.91 Å². The summed E-state index contributed by atoms with van der Waals surface area (Å²) in [5, 5.41) is 2.71. The molecule has 1 atom stereocenters. The van der Waals surface area contributed by atoms with Gasteiger partial charge in [0.1, 0.15) is 6.04 Å². The molecule has 26 heavy (non-hydrogen) atoms. The Morgan fingerprint density at radius 3 is 2.58 bits per heavy atom. The molecule has 0 bridgehead atoms. The first kappa shape index (κ1) is 19.9.